The van der Waals surface area contributed by atoms with E-state index in [4.69, 9.17) is 0 Å². The molecular weight excluding hydrogens is 388 g/mol. The topological polar surface area (TPSA) is 133 Å². The summed E-state index contributed by atoms with van der Waals surface area (Å²) in [6.45, 7) is 0. The maximum absolute atomic E-state index is 12.9. The van der Waals surface area contributed by atoms with Gasteiger partial charge in [-0.1, -0.05) is 38.5 Å². The third kappa shape index (κ3) is 5.32. The van der Waals surface area contributed by atoms with Gasteiger partial charge in [-0.05, 0) is 38.5 Å². The molecule has 3 saturated carbocycles. The smallest absolute Gasteiger partial charge is 0.307 e. The van der Waals surface area contributed by atoms with E-state index < -0.39 is 35.6 Å². The molecule has 168 valence electrons. The predicted octanol–water partition coefficient (Wildman–Crippen LogP) is 2.31. The van der Waals surface area contributed by atoms with E-state index in [0.717, 1.165) is 51.4 Å². The van der Waals surface area contributed by atoms with Gasteiger partial charge in [0, 0.05) is 12.1 Å². The van der Waals surface area contributed by atoms with Crippen LogP contribution in [0.5, 0.6) is 0 Å². The number of rotatable bonds is 6. The van der Waals surface area contributed by atoms with Crippen molar-refractivity contribution in [2.75, 3.05) is 0 Å². The Balaban J connectivity index is 1.63. The van der Waals surface area contributed by atoms with Crippen LogP contribution in [0.3, 0.4) is 0 Å². The van der Waals surface area contributed by atoms with Crippen LogP contribution in [0.1, 0.15) is 77.0 Å². The minimum Gasteiger partial charge on any atom is -0.481 e. The van der Waals surface area contributed by atoms with Gasteiger partial charge in [0.2, 0.25) is 11.8 Å². The predicted molar refractivity (Wildman–Crippen MR) is 108 cm³/mol. The largest absolute Gasteiger partial charge is 0.481 e. The highest BCUT2D eigenvalue weighted by molar-refractivity contribution is 5.86. The molecule has 3 fully saturated rings. The summed E-state index contributed by atoms with van der Waals surface area (Å²) in [7, 11) is 0. The lowest BCUT2D eigenvalue weighted by atomic mass is 9.77. The molecular formula is C22H34N2O6. The van der Waals surface area contributed by atoms with Crippen molar-refractivity contribution in [1.29, 1.82) is 0 Å². The maximum Gasteiger partial charge on any atom is 0.307 e. The Morgan fingerprint density at radius 1 is 0.500 bits per heavy atom. The van der Waals surface area contributed by atoms with Crippen LogP contribution in [-0.2, 0) is 19.2 Å². The first-order valence-corrected chi connectivity index (χ1v) is 11.4. The van der Waals surface area contributed by atoms with Gasteiger partial charge in [0.25, 0.3) is 0 Å². The zero-order chi connectivity index (χ0) is 21.7. The van der Waals surface area contributed by atoms with Crippen LogP contribution in [0.25, 0.3) is 0 Å². The third-order valence-corrected chi connectivity index (χ3v) is 7.26. The molecule has 0 aliphatic heterocycles. The Kier molecular flexibility index (Phi) is 7.72. The highest BCUT2D eigenvalue weighted by Crippen LogP contribution is 2.32. The molecule has 0 radical (unpaired) electrons. The lowest BCUT2D eigenvalue weighted by Gasteiger charge is -2.37. The van der Waals surface area contributed by atoms with Crippen LogP contribution in [0.4, 0.5) is 0 Å². The molecule has 8 nitrogen and oxygen atoms in total. The maximum atomic E-state index is 12.9. The minimum absolute atomic E-state index is 0.227. The van der Waals surface area contributed by atoms with Gasteiger partial charge in [0.1, 0.15) is 0 Å². The SMILES string of the molecule is O=C(O)[C@H]1CCCC[C@@H]1C(=O)N[C@@H]1CCCC[C@@H]1NC(=O)[C@H]1CCCC[C@H]1C(=O)O. The highest BCUT2D eigenvalue weighted by atomic mass is 16.4. The van der Waals surface area contributed by atoms with Crippen LogP contribution in [0, 0.1) is 23.7 Å². The van der Waals surface area contributed by atoms with Crippen LogP contribution in [-0.4, -0.2) is 46.0 Å². The Bertz CT molecular complexity index is 610. The average molecular weight is 423 g/mol. The molecule has 6 atom stereocenters. The van der Waals surface area contributed by atoms with Gasteiger partial charge in [0.15, 0.2) is 0 Å². The van der Waals surface area contributed by atoms with Gasteiger partial charge in [-0.15, -0.1) is 0 Å². The summed E-state index contributed by atoms with van der Waals surface area (Å²) in [6, 6.07) is -0.475. The van der Waals surface area contributed by atoms with Crippen LogP contribution in [0.15, 0.2) is 0 Å². The Morgan fingerprint density at radius 2 is 0.800 bits per heavy atom. The Hall–Kier alpha value is -2.12. The van der Waals surface area contributed by atoms with Gasteiger partial charge in [0.05, 0.1) is 23.7 Å². The first-order chi connectivity index (χ1) is 14.4. The summed E-state index contributed by atoms with van der Waals surface area (Å²) < 4.78 is 0. The fourth-order valence-electron chi connectivity index (χ4n) is 5.54. The lowest BCUT2D eigenvalue weighted by molar-refractivity contribution is -0.149. The zero-order valence-corrected chi connectivity index (χ0v) is 17.5. The summed E-state index contributed by atoms with van der Waals surface area (Å²) >= 11 is 0. The number of amides is 2. The second-order valence-electron chi connectivity index (χ2n) is 9.19. The van der Waals surface area contributed by atoms with Gasteiger partial charge < -0.3 is 20.8 Å². The molecule has 3 rings (SSSR count). The third-order valence-electron chi connectivity index (χ3n) is 7.26. The molecule has 0 unspecified atom stereocenters. The second-order valence-corrected chi connectivity index (χ2v) is 9.19. The Labute approximate surface area is 177 Å². The number of carboxylic acids is 2. The van der Waals surface area contributed by atoms with Crippen LogP contribution >= 0.6 is 0 Å². The molecule has 0 heterocycles. The number of carbonyl (C=O) groups is 4. The van der Waals surface area contributed by atoms with Crippen molar-refractivity contribution in [2.24, 2.45) is 23.7 Å². The van der Waals surface area contributed by atoms with Gasteiger partial charge >= 0.3 is 11.9 Å². The van der Waals surface area contributed by atoms with Crippen molar-refractivity contribution in [3.63, 3.8) is 0 Å². The number of aliphatic carboxylic acids is 2. The molecule has 0 aromatic carbocycles. The monoisotopic (exact) mass is 422 g/mol. The molecule has 2 amide bonds. The molecule has 3 aliphatic carbocycles. The fraction of sp³-hybridized carbons (Fsp3) is 0.818. The number of hydrogen-bond donors (Lipinski definition) is 4. The van der Waals surface area contributed by atoms with Crippen LogP contribution in [0.2, 0.25) is 0 Å². The number of nitrogens with one attached hydrogen (secondary N) is 2. The molecule has 3 aliphatic rings. The van der Waals surface area contributed by atoms with E-state index in [1.165, 1.54) is 0 Å². The van der Waals surface area contributed by atoms with E-state index in [1.807, 2.05) is 0 Å². The summed E-state index contributed by atoms with van der Waals surface area (Å²) in [5.74, 6) is -4.62. The van der Waals surface area contributed by atoms with Gasteiger partial charge in [-0.2, -0.15) is 0 Å². The van der Waals surface area contributed by atoms with E-state index in [9.17, 15) is 29.4 Å². The normalized spacial score (nSPS) is 34.5. The number of carbonyl (C=O) groups excluding carboxylic acids is 2. The van der Waals surface area contributed by atoms with Gasteiger partial charge in [-0.25, -0.2) is 0 Å². The number of carboxylic acid groups (broad SMARTS) is 2. The first-order valence-electron chi connectivity index (χ1n) is 11.4. The second kappa shape index (κ2) is 10.3. The summed E-state index contributed by atoms with van der Waals surface area (Å²) in [4.78, 5) is 48.9. The van der Waals surface area contributed by atoms with E-state index in [-0.39, 0.29) is 23.9 Å². The molecule has 0 spiro atoms. The first kappa shape index (κ1) is 22.6. The summed E-state index contributed by atoms with van der Waals surface area (Å²) in [6.07, 6.45) is 8.90. The van der Waals surface area contributed by atoms with Crippen molar-refractivity contribution in [3.8, 4) is 0 Å². The average Bonchev–Trinajstić information content (AvgIpc) is 2.75. The number of hydrogen-bond acceptors (Lipinski definition) is 4. The fourth-order valence-corrected chi connectivity index (χ4v) is 5.54. The van der Waals surface area contributed by atoms with Crippen molar-refractivity contribution < 1.29 is 29.4 Å². The molecule has 0 bridgehead atoms. The van der Waals surface area contributed by atoms with Crippen LogP contribution < -0.4 is 10.6 Å². The molecule has 4 N–H and O–H groups in total. The highest BCUT2D eigenvalue weighted by Gasteiger charge is 2.40. The lowest BCUT2D eigenvalue weighted by Crippen LogP contribution is -2.56. The minimum atomic E-state index is -0.916. The van der Waals surface area contributed by atoms with E-state index >= 15 is 0 Å². The van der Waals surface area contributed by atoms with E-state index in [0.29, 0.717) is 25.7 Å². The Morgan fingerprint density at radius 3 is 1.13 bits per heavy atom. The molecule has 0 aromatic heterocycles. The standard InChI is InChI=1S/C22H34N2O6/c25-19(13-7-1-3-9-15(13)21(27)28)23-17-11-5-6-12-18(17)24-20(26)14-8-2-4-10-16(14)22(29)30/h13-18H,1-12H2,(H,23,25)(H,24,26)(H,27,28)(H,29,30)/t13-,14-,15-,16+,17+,18-/m0/s1. The summed E-state index contributed by atoms with van der Waals surface area (Å²) in [5.41, 5.74) is 0. The molecule has 30 heavy (non-hydrogen) atoms. The van der Waals surface area contributed by atoms with Crippen molar-refractivity contribution in [3.05, 3.63) is 0 Å². The molecule has 0 saturated heterocycles. The molecule has 8 heteroatoms. The summed E-state index contributed by atoms with van der Waals surface area (Å²) in [5, 5.41) is 25.0. The van der Waals surface area contributed by atoms with E-state index in [2.05, 4.69) is 10.6 Å². The van der Waals surface area contributed by atoms with Crippen molar-refractivity contribution in [1.82, 2.24) is 10.6 Å². The van der Waals surface area contributed by atoms with Crippen molar-refractivity contribution in [2.45, 2.75) is 89.1 Å². The quantitative estimate of drug-likeness (QED) is 0.519. The van der Waals surface area contributed by atoms with E-state index in [1.54, 1.807) is 0 Å². The zero-order valence-electron chi connectivity index (χ0n) is 17.5. The van der Waals surface area contributed by atoms with Crippen molar-refractivity contribution >= 4 is 23.8 Å². The molecule has 0 aromatic rings. The van der Waals surface area contributed by atoms with Gasteiger partial charge in [-0.3, -0.25) is 19.2 Å².